The van der Waals surface area contributed by atoms with Crippen molar-refractivity contribution in [1.29, 1.82) is 0 Å². The molecular weight excluding hydrogens is 440 g/mol. The zero-order valence-electron chi connectivity index (χ0n) is 18.5. The summed E-state index contributed by atoms with van der Waals surface area (Å²) in [7, 11) is 1.65. The van der Waals surface area contributed by atoms with Crippen LogP contribution in [0.4, 0.5) is 11.4 Å². The third kappa shape index (κ3) is 3.70. The van der Waals surface area contributed by atoms with Gasteiger partial charge in [0.2, 0.25) is 0 Å². The van der Waals surface area contributed by atoms with Crippen molar-refractivity contribution >= 4 is 40.5 Å². The van der Waals surface area contributed by atoms with Gasteiger partial charge in [0.1, 0.15) is 6.10 Å². The monoisotopic (exact) mass is 466 g/mol. The number of rotatable bonds is 3. The second-order valence-electron chi connectivity index (χ2n) is 9.36. The number of nitrogens with two attached hydrogens (primary N) is 1. The molecule has 2 fully saturated rings. The lowest BCUT2D eigenvalue weighted by Crippen LogP contribution is -2.35. The predicted octanol–water partition coefficient (Wildman–Crippen LogP) is 4.82. The van der Waals surface area contributed by atoms with Crippen LogP contribution in [-0.4, -0.2) is 36.1 Å². The fourth-order valence-corrected chi connectivity index (χ4v) is 6.15. The van der Waals surface area contributed by atoms with Gasteiger partial charge in [-0.25, -0.2) is 4.79 Å². The van der Waals surface area contributed by atoms with Crippen molar-refractivity contribution in [2.75, 3.05) is 18.1 Å². The van der Waals surface area contributed by atoms with Crippen LogP contribution in [0.1, 0.15) is 80.7 Å². The van der Waals surface area contributed by atoms with Crippen molar-refractivity contribution in [2.24, 2.45) is 11.8 Å². The van der Waals surface area contributed by atoms with Crippen LogP contribution in [0.15, 0.2) is 30.3 Å². The molecule has 0 spiro atoms. The lowest BCUT2D eigenvalue weighted by Gasteiger charge is -2.40. The number of nitrogen functional groups attached to an aromatic ring is 1. The molecule has 3 aliphatic rings. The highest BCUT2D eigenvalue weighted by Crippen LogP contribution is 2.43. The van der Waals surface area contributed by atoms with E-state index in [-0.39, 0.29) is 45.4 Å². The Bertz CT molecular complexity index is 1160. The number of esters is 1. The van der Waals surface area contributed by atoms with Crippen LogP contribution in [0, 0.1) is 11.8 Å². The molecule has 172 valence electrons. The molecular formula is C26H27ClN2O4. The number of fused-ring (bicyclic) bond motifs is 3. The van der Waals surface area contributed by atoms with Gasteiger partial charge in [-0.1, -0.05) is 24.3 Å². The van der Waals surface area contributed by atoms with Gasteiger partial charge in [-0.2, -0.15) is 0 Å². The highest BCUT2D eigenvalue weighted by atomic mass is 35.5. The van der Waals surface area contributed by atoms with E-state index < -0.39 is 5.97 Å². The first-order valence-electron chi connectivity index (χ1n) is 11.6. The van der Waals surface area contributed by atoms with E-state index in [0.29, 0.717) is 28.7 Å². The summed E-state index contributed by atoms with van der Waals surface area (Å²) in [5.74, 6) is -0.0763. The maximum atomic E-state index is 13.3. The zero-order chi connectivity index (χ0) is 23.3. The van der Waals surface area contributed by atoms with E-state index in [9.17, 15) is 14.4 Å². The molecule has 0 aromatic heterocycles. The number of alkyl halides is 1. The fourth-order valence-electron chi connectivity index (χ4n) is 5.80. The molecule has 0 bridgehead atoms. The second kappa shape index (κ2) is 8.49. The molecule has 6 nitrogen and oxygen atoms in total. The third-order valence-corrected chi connectivity index (χ3v) is 7.90. The van der Waals surface area contributed by atoms with Crippen LogP contribution in [0.25, 0.3) is 0 Å². The van der Waals surface area contributed by atoms with Crippen LogP contribution >= 0.6 is 11.6 Å². The number of nitrogens with one attached hydrogen (secondary N) is 1. The lowest BCUT2D eigenvalue weighted by atomic mass is 9.70. The molecule has 33 heavy (non-hydrogen) atoms. The van der Waals surface area contributed by atoms with Crippen LogP contribution < -0.4 is 11.1 Å². The lowest BCUT2D eigenvalue weighted by molar-refractivity contribution is -0.000550. The first kappa shape index (κ1) is 22.0. The van der Waals surface area contributed by atoms with Crippen molar-refractivity contribution in [3.8, 4) is 0 Å². The largest absolute Gasteiger partial charge is 0.459 e. The van der Waals surface area contributed by atoms with Gasteiger partial charge < -0.3 is 15.8 Å². The van der Waals surface area contributed by atoms with Crippen molar-refractivity contribution in [2.45, 2.75) is 50.0 Å². The van der Waals surface area contributed by atoms with Crippen molar-refractivity contribution < 1.29 is 19.1 Å². The van der Waals surface area contributed by atoms with E-state index >= 15 is 0 Å². The van der Waals surface area contributed by atoms with Gasteiger partial charge in [-0.05, 0) is 56.4 Å². The number of anilines is 2. The minimum absolute atomic E-state index is 0.00168. The maximum absolute atomic E-state index is 13.3. The number of hydrogen-bond donors (Lipinski definition) is 2. The molecule has 2 saturated carbocycles. The summed E-state index contributed by atoms with van der Waals surface area (Å²) >= 11 is 6.34. The Labute approximate surface area is 197 Å². The summed E-state index contributed by atoms with van der Waals surface area (Å²) in [6.07, 6.45) is 5.54. The van der Waals surface area contributed by atoms with E-state index in [1.165, 1.54) is 6.07 Å². The number of benzene rings is 2. The average Bonchev–Trinajstić information content (AvgIpc) is 2.82. The summed E-state index contributed by atoms with van der Waals surface area (Å²) in [5, 5.41) is 3.21. The smallest absolute Gasteiger partial charge is 0.340 e. The van der Waals surface area contributed by atoms with Crippen LogP contribution in [-0.2, 0) is 4.74 Å². The van der Waals surface area contributed by atoms with E-state index in [1.54, 1.807) is 31.3 Å². The van der Waals surface area contributed by atoms with Crippen molar-refractivity contribution in [3.05, 3.63) is 58.1 Å². The molecule has 0 radical (unpaired) electrons. The number of hydrogen-bond acceptors (Lipinski definition) is 6. The number of ketones is 2. The summed E-state index contributed by atoms with van der Waals surface area (Å²) in [5.41, 5.74) is 7.76. The Hall–Kier alpha value is -2.86. The fraction of sp³-hybridized carbons (Fsp3) is 0.423. The van der Waals surface area contributed by atoms with Gasteiger partial charge in [0, 0.05) is 29.2 Å². The molecule has 5 rings (SSSR count). The Morgan fingerprint density at radius 2 is 1.64 bits per heavy atom. The Kier molecular flexibility index (Phi) is 5.65. The van der Waals surface area contributed by atoms with E-state index in [1.807, 2.05) is 0 Å². The highest BCUT2D eigenvalue weighted by molar-refractivity contribution is 6.32. The molecule has 0 amide bonds. The van der Waals surface area contributed by atoms with Gasteiger partial charge in [0.15, 0.2) is 11.6 Å². The quantitative estimate of drug-likeness (QED) is 0.326. The topological polar surface area (TPSA) is 98.5 Å². The molecule has 4 atom stereocenters. The predicted molar refractivity (Wildman–Crippen MR) is 127 cm³/mol. The molecule has 0 aliphatic heterocycles. The molecule has 0 saturated heterocycles. The molecule has 4 unspecified atom stereocenters. The highest BCUT2D eigenvalue weighted by Gasteiger charge is 2.38. The second-order valence-corrected chi connectivity index (χ2v) is 9.98. The number of ether oxygens (including phenoxy) is 1. The molecule has 3 aliphatic carbocycles. The van der Waals surface area contributed by atoms with E-state index in [0.717, 1.165) is 38.5 Å². The standard InChI is InChI=1S/C26H27ClN2O4/c1-29-20-12-19(26(32)33-16-9-7-13-10-15(27)8-6-14(13)11-16)23(28)22-21(20)24(30)17-4-2-3-5-18(17)25(22)31/h2-5,12-16,29H,6-11,28H2,1H3. The van der Waals surface area contributed by atoms with Crippen molar-refractivity contribution in [3.63, 3.8) is 0 Å². The summed E-state index contributed by atoms with van der Waals surface area (Å²) in [6.45, 7) is 0. The maximum Gasteiger partial charge on any atom is 0.340 e. The van der Waals surface area contributed by atoms with Crippen molar-refractivity contribution in [1.82, 2.24) is 0 Å². The molecule has 2 aromatic rings. The zero-order valence-corrected chi connectivity index (χ0v) is 19.3. The molecule has 3 N–H and O–H groups in total. The Balaban J connectivity index is 1.44. The third-order valence-electron chi connectivity index (χ3n) is 7.50. The van der Waals surface area contributed by atoms with Crippen LogP contribution in [0.3, 0.4) is 0 Å². The van der Waals surface area contributed by atoms with Gasteiger partial charge >= 0.3 is 5.97 Å². The van der Waals surface area contributed by atoms with Gasteiger partial charge in [0.25, 0.3) is 0 Å². The Morgan fingerprint density at radius 1 is 1.00 bits per heavy atom. The van der Waals surface area contributed by atoms with Crippen LogP contribution in [0.5, 0.6) is 0 Å². The summed E-state index contributed by atoms with van der Waals surface area (Å²) in [4.78, 5) is 39.6. The van der Waals surface area contributed by atoms with Crippen LogP contribution in [0.2, 0.25) is 0 Å². The van der Waals surface area contributed by atoms with Gasteiger partial charge in [0.05, 0.1) is 22.4 Å². The number of halogens is 1. The van der Waals surface area contributed by atoms with E-state index in [4.69, 9.17) is 22.1 Å². The van der Waals surface area contributed by atoms with E-state index in [2.05, 4.69) is 5.32 Å². The number of carbonyl (C=O) groups excluding carboxylic acids is 3. The molecule has 7 heteroatoms. The SMILES string of the molecule is CNc1cc(C(=O)OC2CCC3CC(Cl)CCC3C2)c(N)c2c1C(=O)c1ccccc1C2=O. The normalized spacial score (nSPS) is 26.1. The van der Waals surface area contributed by atoms with Gasteiger partial charge in [-0.15, -0.1) is 11.6 Å². The number of carbonyl (C=O) groups is 3. The van der Waals surface area contributed by atoms with Gasteiger partial charge in [-0.3, -0.25) is 9.59 Å². The molecule has 0 heterocycles. The minimum atomic E-state index is -0.555. The average molecular weight is 467 g/mol. The molecule has 2 aromatic carbocycles. The Morgan fingerprint density at radius 3 is 2.33 bits per heavy atom. The summed E-state index contributed by atoms with van der Waals surface area (Å²) in [6, 6.07) is 8.19. The minimum Gasteiger partial charge on any atom is -0.459 e. The first-order chi connectivity index (χ1) is 15.9. The summed E-state index contributed by atoms with van der Waals surface area (Å²) < 4.78 is 5.88. The first-order valence-corrected chi connectivity index (χ1v) is 12.0.